The summed E-state index contributed by atoms with van der Waals surface area (Å²) < 4.78 is 21.8. The predicted molar refractivity (Wildman–Crippen MR) is 58.0 cm³/mol. The maximum Gasteiger partial charge on any atom is 0.343 e. The van der Waals surface area contributed by atoms with Crippen molar-refractivity contribution in [1.82, 2.24) is 0 Å². The minimum Gasteiger partial charge on any atom is -0.389 e. The third-order valence-electron chi connectivity index (χ3n) is 2.18. The molecule has 0 aliphatic heterocycles. The lowest BCUT2D eigenvalue weighted by Gasteiger charge is -2.30. The van der Waals surface area contributed by atoms with Crippen LogP contribution in [0.3, 0.4) is 0 Å². The first-order valence-corrected chi connectivity index (χ1v) is 7.98. The van der Waals surface area contributed by atoms with E-state index in [0.717, 1.165) is 0 Å². The maximum absolute atomic E-state index is 10.9. The molecular formula is C6H14O11P2. The van der Waals surface area contributed by atoms with Crippen LogP contribution in [0.1, 0.15) is 0 Å². The maximum atomic E-state index is 10.9. The van der Waals surface area contributed by atoms with Crippen molar-refractivity contribution in [1.29, 1.82) is 0 Å². The van der Waals surface area contributed by atoms with E-state index in [1.54, 1.807) is 0 Å². The highest BCUT2D eigenvalue weighted by atomic mass is 31.2. The van der Waals surface area contributed by atoms with Crippen LogP contribution in [-0.4, -0.2) is 76.1 Å². The Kier molecular flexibility index (Phi) is 6.44. The van der Waals surface area contributed by atoms with Gasteiger partial charge in [0.15, 0.2) is 11.7 Å². The summed E-state index contributed by atoms with van der Waals surface area (Å²) in [6.45, 7) is 0. The first kappa shape index (κ1) is 18.8. The number of carbonyl (C=O) groups excluding carboxylic acids is 1. The monoisotopic (exact) mass is 324 g/mol. The van der Waals surface area contributed by atoms with E-state index in [2.05, 4.69) is 0 Å². The van der Waals surface area contributed by atoms with Gasteiger partial charge in [-0.05, 0) is 0 Å². The second-order valence-electron chi connectivity index (χ2n) is 3.69. The lowest BCUT2D eigenvalue weighted by atomic mass is 10.1. The van der Waals surface area contributed by atoms with E-state index in [1.165, 1.54) is 0 Å². The Hall–Kier alpha value is -0.190. The SMILES string of the molecule is O=C[C@H](O)[C@H](O)[C@H](O)C(O)C(P(=O)(O)O)P(=O)(O)O. The fraction of sp³-hybridized carbons (Fsp3) is 0.833. The molecule has 0 fully saturated rings. The minimum absolute atomic E-state index is 0.245. The Morgan fingerprint density at radius 2 is 1.11 bits per heavy atom. The van der Waals surface area contributed by atoms with Gasteiger partial charge < -0.3 is 44.8 Å². The summed E-state index contributed by atoms with van der Waals surface area (Å²) >= 11 is 0. The molecule has 0 aromatic carbocycles. The number of hydrogen-bond acceptors (Lipinski definition) is 7. The molecule has 0 aliphatic carbocycles. The molecular weight excluding hydrogens is 310 g/mol. The molecule has 8 N–H and O–H groups in total. The van der Waals surface area contributed by atoms with Gasteiger partial charge in [0.05, 0.1) is 0 Å². The number of carbonyl (C=O) groups is 1. The van der Waals surface area contributed by atoms with E-state index in [0.29, 0.717) is 0 Å². The van der Waals surface area contributed by atoms with Gasteiger partial charge in [0.2, 0.25) is 0 Å². The number of rotatable bonds is 7. The number of aldehydes is 1. The van der Waals surface area contributed by atoms with Crippen LogP contribution in [0.15, 0.2) is 0 Å². The lowest BCUT2D eigenvalue weighted by molar-refractivity contribution is -0.132. The second-order valence-corrected chi connectivity index (χ2v) is 7.57. The minimum atomic E-state index is -5.54. The van der Waals surface area contributed by atoms with E-state index in [-0.39, 0.29) is 6.29 Å². The van der Waals surface area contributed by atoms with Crippen LogP contribution in [0.5, 0.6) is 0 Å². The van der Waals surface area contributed by atoms with Crippen molar-refractivity contribution in [2.45, 2.75) is 29.8 Å². The van der Waals surface area contributed by atoms with Crippen molar-refractivity contribution in [3.05, 3.63) is 0 Å². The van der Waals surface area contributed by atoms with Crippen LogP contribution in [-0.2, 0) is 13.9 Å². The summed E-state index contributed by atoms with van der Waals surface area (Å²) in [6.07, 6.45) is -10.2. The Morgan fingerprint density at radius 3 is 1.37 bits per heavy atom. The third kappa shape index (κ3) is 5.01. The van der Waals surface area contributed by atoms with Gasteiger partial charge in [0, 0.05) is 0 Å². The topological polar surface area (TPSA) is 213 Å². The molecule has 11 nitrogen and oxygen atoms in total. The second kappa shape index (κ2) is 6.51. The van der Waals surface area contributed by atoms with Crippen LogP contribution in [0.4, 0.5) is 0 Å². The van der Waals surface area contributed by atoms with Crippen LogP contribution in [0.25, 0.3) is 0 Å². The quantitative estimate of drug-likeness (QED) is 0.168. The molecule has 0 bridgehead atoms. The lowest BCUT2D eigenvalue weighted by Crippen LogP contribution is -2.49. The van der Waals surface area contributed by atoms with Gasteiger partial charge in [0.1, 0.15) is 24.4 Å². The van der Waals surface area contributed by atoms with Gasteiger partial charge in [-0.1, -0.05) is 0 Å². The summed E-state index contributed by atoms with van der Waals surface area (Å²) in [6, 6.07) is 0. The largest absolute Gasteiger partial charge is 0.389 e. The zero-order chi connectivity index (χ0) is 15.6. The molecule has 114 valence electrons. The van der Waals surface area contributed by atoms with Gasteiger partial charge in [0.25, 0.3) is 0 Å². The van der Waals surface area contributed by atoms with E-state index < -0.39 is 45.0 Å². The summed E-state index contributed by atoms with van der Waals surface area (Å²) in [7, 11) is -11.1. The molecule has 4 atom stereocenters. The number of aliphatic hydroxyl groups excluding tert-OH is 4. The molecule has 0 aromatic rings. The van der Waals surface area contributed by atoms with Gasteiger partial charge in [-0.2, -0.15) is 0 Å². The van der Waals surface area contributed by atoms with Crippen molar-refractivity contribution in [3.63, 3.8) is 0 Å². The van der Waals surface area contributed by atoms with Crippen molar-refractivity contribution in [3.8, 4) is 0 Å². The van der Waals surface area contributed by atoms with Gasteiger partial charge >= 0.3 is 15.2 Å². The van der Waals surface area contributed by atoms with Gasteiger partial charge in [-0.25, -0.2) is 0 Å². The fourth-order valence-corrected chi connectivity index (χ4v) is 3.97. The van der Waals surface area contributed by atoms with E-state index in [9.17, 15) is 24.1 Å². The van der Waals surface area contributed by atoms with Crippen molar-refractivity contribution < 1.29 is 53.9 Å². The van der Waals surface area contributed by atoms with Gasteiger partial charge in [-0.15, -0.1) is 0 Å². The zero-order valence-corrected chi connectivity index (χ0v) is 10.9. The summed E-state index contributed by atoms with van der Waals surface area (Å²) in [5.41, 5.74) is 0. The summed E-state index contributed by atoms with van der Waals surface area (Å²) in [4.78, 5) is 45.1. The Bertz CT molecular complexity index is 376. The standard InChI is InChI=1S/C6H14O11P2/c7-1-2(8)3(9)4(10)5(11)6(18(12,13)14)19(15,16)17/h1-6,8-11H,(H2,12,13,14)(H2,15,16,17)/t2-,3-,4-,5?/m0/s1. The average molecular weight is 324 g/mol. The summed E-state index contributed by atoms with van der Waals surface area (Å²) in [5, 5.41) is 33.6. The fourth-order valence-electron chi connectivity index (χ4n) is 1.25. The third-order valence-corrected chi connectivity index (χ3v) is 5.98. The number of aliphatic hydroxyl groups is 4. The van der Waals surface area contributed by atoms with Crippen LogP contribution in [0.2, 0.25) is 0 Å². The zero-order valence-electron chi connectivity index (χ0n) is 9.16. The Labute approximate surface area is 106 Å². The summed E-state index contributed by atoms with van der Waals surface area (Å²) in [5.74, 6) is 0. The highest BCUT2D eigenvalue weighted by Crippen LogP contribution is 2.61. The van der Waals surface area contributed by atoms with Crippen molar-refractivity contribution in [2.24, 2.45) is 0 Å². The van der Waals surface area contributed by atoms with Crippen LogP contribution < -0.4 is 0 Å². The van der Waals surface area contributed by atoms with E-state index in [1.807, 2.05) is 0 Å². The molecule has 0 radical (unpaired) electrons. The van der Waals surface area contributed by atoms with Crippen molar-refractivity contribution >= 4 is 21.5 Å². The molecule has 0 saturated heterocycles. The Morgan fingerprint density at radius 1 is 0.737 bits per heavy atom. The molecule has 0 aromatic heterocycles. The molecule has 0 spiro atoms. The molecule has 1 unspecified atom stereocenters. The molecule has 0 heterocycles. The smallest absolute Gasteiger partial charge is 0.343 e. The van der Waals surface area contributed by atoms with Crippen LogP contribution in [0, 0.1) is 0 Å². The predicted octanol–water partition coefficient (Wildman–Crippen LogP) is -3.69. The molecule has 0 aliphatic rings. The van der Waals surface area contributed by atoms with Crippen LogP contribution >= 0.6 is 15.2 Å². The molecule has 13 heteroatoms. The van der Waals surface area contributed by atoms with Gasteiger partial charge in [-0.3, -0.25) is 9.13 Å². The molecule has 0 rings (SSSR count). The van der Waals surface area contributed by atoms with E-state index >= 15 is 0 Å². The average Bonchev–Trinajstić information content (AvgIpc) is 2.21. The van der Waals surface area contributed by atoms with Crippen molar-refractivity contribution in [2.75, 3.05) is 0 Å². The first-order valence-electron chi connectivity index (χ1n) is 4.62. The molecule has 19 heavy (non-hydrogen) atoms. The number of hydrogen-bond donors (Lipinski definition) is 8. The normalized spacial score (nSPS) is 19.8. The highest BCUT2D eigenvalue weighted by Gasteiger charge is 2.52. The Balaban J connectivity index is 5.34. The van der Waals surface area contributed by atoms with E-state index in [4.69, 9.17) is 29.8 Å². The highest BCUT2D eigenvalue weighted by molar-refractivity contribution is 7.71. The molecule has 0 amide bonds. The molecule has 0 saturated carbocycles. The first-order chi connectivity index (χ1) is 8.34.